The van der Waals surface area contributed by atoms with Gasteiger partial charge < -0.3 is 0 Å². The third kappa shape index (κ3) is 2.97. The first-order valence-corrected chi connectivity index (χ1v) is 12.5. The van der Waals surface area contributed by atoms with Crippen LogP contribution in [-0.2, 0) is 29.4 Å². The highest BCUT2D eigenvalue weighted by Crippen LogP contribution is 2.76. The van der Waals surface area contributed by atoms with Crippen molar-refractivity contribution in [1.82, 2.24) is 9.62 Å². The maximum atomic E-state index is 12.3. The minimum atomic E-state index is -3.17. The van der Waals surface area contributed by atoms with Crippen LogP contribution in [-0.4, -0.2) is 38.2 Å². The van der Waals surface area contributed by atoms with Crippen LogP contribution in [0.15, 0.2) is 48.5 Å². The Labute approximate surface area is 173 Å². The van der Waals surface area contributed by atoms with Crippen LogP contribution in [0.3, 0.4) is 0 Å². The predicted octanol–water partition coefficient (Wildman–Crippen LogP) is 3.08. The van der Waals surface area contributed by atoms with E-state index in [1.54, 1.807) is 0 Å². The van der Waals surface area contributed by atoms with Gasteiger partial charge in [-0.2, -0.15) is 0 Å². The van der Waals surface area contributed by atoms with E-state index in [4.69, 9.17) is 0 Å². The normalized spacial score (nSPS) is 34.1. The van der Waals surface area contributed by atoms with Crippen LogP contribution < -0.4 is 4.72 Å². The largest absolute Gasteiger partial charge is 0.296 e. The summed E-state index contributed by atoms with van der Waals surface area (Å²) < 4.78 is 27.4. The summed E-state index contributed by atoms with van der Waals surface area (Å²) in [6.07, 6.45) is 4.36. The molecule has 3 atom stereocenters. The molecule has 1 aliphatic heterocycles. The minimum Gasteiger partial charge on any atom is -0.296 e. The van der Waals surface area contributed by atoms with Crippen LogP contribution in [0.5, 0.6) is 0 Å². The Morgan fingerprint density at radius 3 is 2.52 bits per heavy atom. The van der Waals surface area contributed by atoms with Crippen molar-refractivity contribution in [3.63, 3.8) is 0 Å². The maximum Gasteiger partial charge on any atom is 0.212 e. The summed E-state index contributed by atoms with van der Waals surface area (Å²) in [5.74, 6) is 1.20. The number of nitrogens with one attached hydrogen (secondary N) is 1. The van der Waals surface area contributed by atoms with Crippen molar-refractivity contribution in [2.45, 2.75) is 50.2 Å². The summed E-state index contributed by atoms with van der Waals surface area (Å²) in [5.41, 5.74) is 5.82. The quantitative estimate of drug-likeness (QED) is 0.717. The van der Waals surface area contributed by atoms with E-state index in [0.29, 0.717) is 23.8 Å². The number of likely N-dealkylation sites (tertiary alicyclic amines) is 1. The molecule has 29 heavy (non-hydrogen) atoms. The number of rotatable bonds is 7. The molecule has 1 heterocycles. The van der Waals surface area contributed by atoms with E-state index >= 15 is 0 Å². The minimum absolute atomic E-state index is 0.285. The van der Waals surface area contributed by atoms with Crippen molar-refractivity contribution < 1.29 is 8.42 Å². The molecule has 4 nitrogen and oxygen atoms in total. The van der Waals surface area contributed by atoms with Gasteiger partial charge in [-0.1, -0.05) is 48.5 Å². The number of benzene rings is 2. The molecule has 6 rings (SSSR count). The molecule has 152 valence electrons. The smallest absolute Gasteiger partial charge is 0.212 e. The highest BCUT2D eigenvalue weighted by Gasteiger charge is 2.84. The molecule has 1 spiro atoms. The van der Waals surface area contributed by atoms with E-state index in [0.717, 1.165) is 36.9 Å². The first-order chi connectivity index (χ1) is 14.0. The Hall–Kier alpha value is -1.69. The zero-order valence-corrected chi connectivity index (χ0v) is 17.7. The molecule has 2 aromatic carbocycles. The van der Waals surface area contributed by atoms with E-state index in [2.05, 4.69) is 65.2 Å². The van der Waals surface area contributed by atoms with Gasteiger partial charge in [0.2, 0.25) is 10.0 Å². The van der Waals surface area contributed by atoms with Crippen LogP contribution >= 0.6 is 0 Å². The number of sulfonamides is 1. The predicted molar refractivity (Wildman–Crippen MR) is 114 cm³/mol. The molecule has 0 amide bonds. The van der Waals surface area contributed by atoms with E-state index < -0.39 is 10.0 Å². The number of fused-ring (bicyclic) bond motifs is 4. The molecule has 4 aliphatic rings. The average Bonchev–Trinajstić information content (AvgIpc) is 3.64. The van der Waals surface area contributed by atoms with Gasteiger partial charge in [-0.25, -0.2) is 13.1 Å². The Bertz CT molecular complexity index is 1050. The molecule has 1 N–H and O–H groups in total. The number of likely N-dealkylation sites (N-methyl/N-ethyl adjacent to an activating group) is 1. The Kier molecular flexibility index (Phi) is 3.85. The summed E-state index contributed by atoms with van der Waals surface area (Å²) in [5, 5.41) is 0. The Balaban J connectivity index is 1.25. The van der Waals surface area contributed by atoms with Crippen LogP contribution in [0.25, 0.3) is 0 Å². The van der Waals surface area contributed by atoms with Gasteiger partial charge in [0.15, 0.2) is 0 Å². The standard InChI is InChI=1S/C24H28N2O2S/c1-26-22-23(26)24(22)13-19-10-9-18(14-25-29(27,28)15-17-7-8-17)11-20(19)21(24)12-16-5-3-2-4-6-16/h2-6,9-11,17,21-23,25H,7-8,12-15H2,1H3. The lowest BCUT2D eigenvalue weighted by Gasteiger charge is -2.29. The highest BCUT2D eigenvalue weighted by molar-refractivity contribution is 7.89. The second kappa shape index (κ2) is 6.16. The lowest BCUT2D eigenvalue weighted by atomic mass is 9.81. The fourth-order valence-electron chi connectivity index (χ4n) is 6.03. The maximum absolute atomic E-state index is 12.3. The number of nitrogens with zero attached hydrogens (tertiary/aromatic N) is 1. The van der Waals surface area contributed by atoms with Crippen molar-refractivity contribution >= 4 is 10.0 Å². The van der Waals surface area contributed by atoms with Gasteiger partial charge in [-0.3, -0.25) is 4.90 Å². The molecule has 0 bridgehead atoms. The van der Waals surface area contributed by atoms with Gasteiger partial charge in [0.1, 0.15) is 0 Å². The monoisotopic (exact) mass is 408 g/mol. The van der Waals surface area contributed by atoms with Gasteiger partial charge >= 0.3 is 0 Å². The van der Waals surface area contributed by atoms with Gasteiger partial charge in [0.25, 0.3) is 0 Å². The van der Waals surface area contributed by atoms with E-state index in [-0.39, 0.29) is 5.75 Å². The molecule has 0 radical (unpaired) electrons. The van der Waals surface area contributed by atoms with E-state index in [1.807, 2.05) is 0 Å². The number of hydrogen-bond donors (Lipinski definition) is 1. The second-order valence-electron chi connectivity index (χ2n) is 9.67. The molecule has 1 saturated heterocycles. The fourth-order valence-corrected chi connectivity index (χ4v) is 7.49. The van der Waals surface area contributed by atoms with Gasteiger partial charge in [-0.15, -0.1) is 0 Å². The molecular weight excluding hydrogens is 380 g/mol. The summed E-state index contributed by atoms with van der Waals surface area (Å²) in [4.78, 5) is 2.50. The lowest BCUT2D eigenvalue weighted by molar-refractivity contribution is 0.226. The van der Waals surface area contributed by atoms with Crippen molar-refractivity contribution in [2.24, 2.45) is 11.3 Å². The zero-order valence-electron chi connectivity index (χ0n) is 16.8. The second-order valence-corrected chi connectivity index (χ2v) is 11.5. The molecule has 3 fully saturated rings. The van der Waals surface area contributed by atoms with Crippen molar-refractivity contribution in [1.29, 1.82) is 0 Å². The molecule has 2 saturated carbocycles. The first-order valence-electron chi connectivity index (χ1n) is 10.8. The molecule has 2 aromatic rings. The summed E-state index contributed by atoms with van der Waals surface area (Å²) in [6, 6.07) is 18.9. The van der Waals surface area contributed by atoms with Crippen molar-refractivity contribution in [2.75, 3.05) is 12.8 Å². The van der Waals surface area contributed by atoms with E-state index in [1.165, 1.54) is 23.1 Å². The lowest BCUT2D eigenvalue weighted by Crippen LogP contribution is -2.31. The zero-order chi connectivity index (χ0) is 19.8. The van der Waals surface area contributed by atoms with E-state index in [9.17, 15) is 8.42 Å². The van der Waals surface area contributed by atoms with Crippen LogP contribution in [0.2, 0.25) is 0 Å². The SMILES string of the molecule is CN1C2C1C21Cc2ccc(CNS(=O)(=O)CC3CC3)cc2C1Cc1ccccc1. The third-order valence-corrected chi connectivity index (χ3v) is 9.24. The topological polar surface area (TPSA) is 49.2 Å². The van der Waals surface area contributed by atoms with Crippen molar-refractivity contribution in [3.8, 4) is 0 Å². The number of hydrogen-bond acceptors (Lipinski definition) is 3. The first kappa shape index (κ1) is 18.1. The summed E-state index contributed by atoms with van der Waals surface area (Å²) >= 11 is 0. The summed E-state index contributed by atoms with van der Waals surface area (Å²) in [7, 11) is -0.930. The average molecular weight is 409 g/mol. The van der Waals surface area contributed by atoms with Gasteiger partial charge in [0.05, 0.1) is 5.75 Å². The van der Waals surface area contributed by atoms with Gasteiger partial charge in [-0.05, 0) is 66.8 Å². The Morgan fingerprint density at radius 2 is 1.83 bits per heavy atom. The van der Waals surface area contributed by atoms with Crippen LogP contribution in [0, 0.1) is 11.3 Å². The third-order valence-electron chi connectivity index (χ3n) is 7.74. The molecular formula is C24H28N2O2S. The van der Waals surface area contributed by atoms with Crippen LogP contribution in [0.4, 0.5) is 0 Å². The van der Waals surface area contributed by atoms with Gasteiger partial charge in [0, 0.05) is 24.0 Å². The molecule has 0 aromatic heterocycles. The molecule has 5 heteroatoms. The fraction of sp³-hybridized carbons (Fsp3) is 0.500. The highest BCUT2D eigenvalue weighted by atomic mass is 32.2. The molecule has 3 unspecified atom stereocenters. The molecule has 3 aliphatic carbocycles. The van der Waals surface area contributed by atoms with Crippen LogP contribution in [0.1, 0.15) is 41.0 Å². The van der Waals surface area contributed by atoms with Crippen molar-refractivity contribution in [3.05, 3.63) is 70.8 Å². The summed E-state index contributed by atoms with van der Waals surface area (Å²) in [6.45, 7) is 0.403. The Morgan fingerprint density at radius 1 is 1.07 bits per heavy atom.